The maximum Gasteiger partial charge on any atom is 0.396 e. The number of rotatable bonds is 5. The molecule has 0 aliphatic rings. The predicted octanol–water partition coefficient (Wildman–Crippen LogP) is 2.61. The van der Waals surface area contributed by atoms with Gasteiger partial charge in [0.2, 0.25) is 0 Å². The van der Waals surface area contributed by atoms with Crippen LogP contribution in [-0.2, 0) is 4.74 Å². The van der Waals surface area contributed by atoms with Gasteiger partial charge in [-0.25, -0.2) is 4.79 Å². The smallest absolute Gasteiger partial charge is 0.396 e. The lowest BCUT2D eigenvalue weighted by molar-refractivity contribution is -0.385. The van der Waals surface area contributed by atoms with Crippen LogP contribution in [0.4, 0.5) is 5.69 Å². The van der Waals surface area contributed by atoms with Crippen molar-refractivity contribution in [3.8, 4) is 0 Å². The Kier molecular flexibility index (Phi) is 4.53. The van der Waals surface area contributed by atoms with Crippen molar-refractivity contribution < 1.29 is 18.9 Å². The van der Waals surface area contributed by atoms with Gasteiger partial charge in [0.1, 0.15) is 0 Å². The predicted molar refractivity (Wildman–Crippen MR) is 72.2 cm³/mol. The molecule has 0 N–H and O–H groups in total. The van der Waals surface area contributed by atoms with Crippen LogP contribution in [0.3, 0.4) is 0 Å². The van der Waals surface area contributed by atoms with Crippen LogP contribution in [0, 0.1) is 17.0 Å². The van der Waals surface area contributed by atoms with Crippen LogP contribution in [0.2, 0.25) is 0 Å². The average molecular weight is 309 g/mol. The van der Waals surface area contributed by atoms with Crippen LogP contribution in [-0.4, -0.2) is 27.7 Å². The number of nitrogens with zero attached hydrogens (tertiary/aromatic N) is 3. The molecule has 0 atom stereocenters. The first-order valence-electron chi connectivity index (χ1n) is 5.94. The van der Waals surface area contributed by atoms with Crippen molar-refractivity contribution >= 4 is 23.4 Å². The zero-order valence-corrected chi connectivity index (χ0v) is 12.0. The molecule has 0 aliphatic heterocycles. The summed E-state index contributed by atoms with van der Waals surface area (Å²) in [5.74, 6) is -0.950. The summed E-state index contributed by atoms with van der Waals surface area (Å²) in [5, 5.41) is 18.2. The lowest BCUT2D eigenvalue weighted by Gasteiger charge is -1.99. The highest BCUT2D eigenvalue weighted by Gasteiger charge is 2.17. The van der Waals surface area contributed by atoms with E-state index in [2.05, 4.69) is 10.2 Å². The monoisotopic (exact) mass is 309 g/mol. The van der Waals surface area contributed by atoms with Crippen LogP contribution < -0.4 is 0 Å². The maximum atomic E-state index is 11.4. The molecule has 0 fully saturated rings. The molecule has 2 aromatic rings. The SMILES string of the molecule is CCOC(=O)c1nnc(Sc2cc(C)cc([N+](=O)[O-])c2)o1. The Balaban J connectivity index is 2.19. The molecule has 1 aromatic carbocycles. The van der Waals surface area contributed by atoms with Crippen molar-refractivity contribution in [3.05, 3.63) is 39.8 Å². The molecule has 1 aromatic heterocycles. The summed E-state index contributed by atoms with van der Waals surface area (Å²) in [4.78, 5) is 22.3. The van der Waals surface area contributed by atoms with Gasteiger partial charge in [-0.2, -0.15) is 0 Å². The highest BCUT2D eigenvalue weighted by Crippen LogP contribution is 2.30. The normalized spacial score (nSPS) is 10.4. The number of non-ortho nitro benzene ring substituents is 1. The largest absolute Gasteiger partial charge is 0.459 e. The second-order valence-electron chi connectivity index (χ2n) is 3.96. The summed E-state index contributed by atoms with van der Waals surface area (Å²) in [6, 6.07) is 4.60. The number of hydrogen-bond acceptors (Lipinski definition) is 8. The summed E-state index contributed by atoms with van der Waals surface area (Å²) in [5.41, 5.74) is 0.708. The minimum absolute atomic E-state index is 0.0253. The molecule has 0 bridgehead atoms. The summed E-state index contributed by atoms with van der Waals surface area (Å²) in [6.45, 7) is 3.61. The van der Waals surface area contributed by atoms with Crippen LogP contribution >= 0.6 is 11.8 Å². The molecule has 21 heavy (non-hydrogen) atoms. The van der Waals surface area contributed by atoms with E-state index in [9.17, 15) is 14.9 Å². The van der Waals surface area contributed by atoms with Gasteiger partial charge in [-0.05, 0) is 37.2 Å². The first-order valence-corrected chi connectivity index (χ1v) is 6.76. The minimum atomic E-state index is -0.702. The lowest BCUT2D eigenvalue weighted by Crippen LogP contribution is -2.04. The average Bonchev–Trinajstić information content (AvgIpc) is 2.87. The first kappa shape index (κ1) is 15.0. The maximum absolute atomic E-state index is 11.4. The van der Waals surface area contributed by atoms with Crippen LogP contribution in [0.25, 0.3) is 0 Å². The van der Waals surface area contributed by atoms with E-state index in [0.29, 0.717) is 4.90 Å². The number of benzene rings is 1. The number of carbonyl (C=O) groups is 1. The lowest BCUT2D eigenvalue weighted by atomic mass is 10.2. The quantitative estimate of drug-likeness (QED) is 0.471. The fraction of sp³-hybridized carbons (Fsp3) is 0.250. The highest BCUT2D eigenvalue weighted by molar-refractivity contribution is 7.99. The zero-order chi connectivity index (χ0) is 15.4. The van der Waals surface area contributed by atoms with E-state index in [1.54, 1.807) is 19.9 Å². The van der Waals surface area contributed by atoms with Gasteiger partial charge in [0, 0.05) is 17.0 Å². The summed E-state index contributed by atoms with van der Waals surface area (Å²) >= 11 is 1.04. The molecule has 0 saturated heterocycles. The van der Waals surface area contributed by atoms with Gasteiger partial charge < -0.3 is 9.15 Å². The van der Waals surface area contributed by atoms with Gasteiger partial charge in [0.15, 0.2) is 0 Å². The molecule has 0 spiro atoms. The first-order chi connectivity index (χ1) is 9.99. The van der Waals surface area contributed by atoms with E-state index < -0.39 is 10.9 Å². The number of carbonyl (C=O) groups excluding carboxylic acids is 1. The molecule has 0 radical (unpaired) electrons. The number of aromatic nitrogens is 2. The third kappa shape index (κ3) is 3.78. The van der Waals surface area contributed by atoms with E-state index in [4.69, 9.17) is 9.15 Å². The minimum Gasteiger partial charge on any atom is -0.459 e. The second kappa shape index (κ2) is 6.35. The van der Waals surface area contributed by atoms with E-state index in [1.165, 1.54) is 12.1 Å². The highest BCUT2D eigenvalue weighted by atomic mass is 32.2. The third-order valence-electron chi connectivity index (χ3n) is 2.31. The Morgan fingerprint density at radius 1 is 1.43 bits per heavy atom. The van der Waals surface area contributed by atoms with Crippen molar-refractivity contribution in [2.45, 2.75) is 24.0 Å². The molecular weight excluding hydrogens is 298 g/mol. The Hall–Kier alpha value is -2.42. The van der Waals surface area contributed by atoms with Crippen molar-refractivity contribution in [2.24, 2.45) is 0 Å². The summed E-state index contributed by atoms with van der Waals surface area (Å²) in [6.07, 6.45) is 0. The Labute approximate surface area is 123 Å². The number of nitro groups is 1. The molecule has 8 nitrogen and oxygen atoms in total. The number of nitro benzene ring substituents is 1. The summed E-state index contributed by atoms with van der Waals surface area (Å²) < 4.78 is 9.87. The van der Waals surface area contributed by atoms with Crippen LogP contribution in [0.1, 0.15) is 23.2 Å². The van der Waals surface area contributed by atoms with E-state index in [1.807, 2.05) is 0 Å². The Morgan fingerprint density at radius 2 is 2.19 bits per heavy atom. The standard InChI is InChI=1S/C12H11N3O5S/c1-3-19-11(16)10-13-14-12(20-10)21-9-5-7(2)4-8(6-9)15(17)18/h4-6H,3H2,1-2H3. The fourth-order valence-electron chi connectivity index (χ4n) is 1.52. The van der Waals surface area contributed by atoms with Gasteiger partial charge in [-0.1, -0.05) is 5.10 Å². The summed E-state index contributed by atoms with van der Waals surface area (Å²) in [7, 11) is 0. The number of aryl methyl sites for hydroxylation is 1. The topological polar surface area (TPSA) is 108 Å². The van der Waals surface area contributed by atoms with Crippen molar-refractivity contribution in [1.82, 2.24) is 10.2 Å². The molecule has 0 aliphatic carbocycles. The molecule has 1 heterocycles. The Morgan fingerprint density at radius 3 is 2.86 bits per heavy atom. The molecule has 9 heteroatoms. The van der Waals surface area contributed by atoms with E-state index in [-0.39, 0.29) is 23.4 Å². The molecule has 0 saturated carbocycles. The van der Waals surface area contributed by atoms with E-state index >= 15 is 0 Å². The third-order valence-corrected chi connectivity index (χ3v) is 3.12. The number of ether oxygens (including phenoxy) is 1. The van der Waals surface area contributed by atoms with Crippen LogP contribution in [0.5, 0.6) is 0 Å². The van der Waals surface area contributed by atoms with Gasteiger partial charge in [0.05, 0.1) is 11.5 Å². The number of hydrogen-bond donors (Lipinski definition) is 0. The Bertz CT molecular complexity index is 685. The van der Waals surface area contributed by atoms with Crippen molar-refractivity contribution in [3.63, 3.8) is 0 Å². The van der Waals surface area contributed by atoms with Crippen molar-refractivity contribution in [2.75, 3.05) is 6.61 Å². The molecular formula is C12H11N3O5S. The van der Waals surface area contributed by atoms with Crippen LogP contribution in [0.15, 0.2) is 32.7 Å². The van der Waals surface area contributed by atoms with Gasteiger partial charge >= 0.3 is 11.9 Å². The van der Waals surface area contributed by atoms with Crippen molar-refractivity contribution in [1.29, 1.82) is 0 Å². The molecule has 2 rings (SSSR count). The second-order valence-corrected chi connectivity index (χ2v) is 4.98. The molecule has 0 unspecified atom stereocenters. The molecule has 0 amide bonds. The fourth-order valence-corrected chi connectivity index (χ4v) is 2.35. The zero-order valence-electron chi connectivity index (χ0n) is 11.2. The van der Waals surface area contributed by atoms with E-state index in [0.717, 1.165) is 17.3 Å². The molecule has 110 valence electrons. The number of esters is 1. The van der Waals surface area contributed by atoms with Gasteiger partial charge in [0.25, 0.3) is 10.9 Å². The van der Waals surface area contributed by atoms with Gasteiger partial charge in [-0.3, -0.25) is 10.1 Å². The van der Waals surface area contributed by atoms with Gasteiger partial charge in [-0.15, -0.1) is 5.10 Å².